The summed E-state index contributed by atoms with van der Waals surface area (Å²) in [4.78, 5) is 10.8. The summed E-state index contributed by atoms with van der Waals surface area (Å²) >= 11 is 6.36. The van der Waals surface area contributed by atoms with Gasteiger partial charge < -0.3 is 14.3 Å². The number of hydrogen-bond donors (Lipinski definition) is 1. The van der Waals surface area contributed by atoms with Gasteiger partial charge in [0.1, 0.15) is 12.9 Å². The minimum Gasteiger partial charge on any atom is -0.494 e. The molecular formula is C30H56O3S2. The van der Waals surface area contributed by atoms with Crippen molar-refractivity contribution in [2.24, 2.45) is 0 Å². The first-order valence-corrected chi connectivity index (χ1v) is 14.2. The molecule has 0 aromatic heterocycles. The number of thiol groups is 1. The van der Waals surface area contributed by atoms with Crippen LogP contribution in [-0.4, -0.2) is 30.9 Å². The summed E-state index contributed by atoms with van der Waals surface area (Å²) in [6, 6.07) is 0. The van der Waals surface area contributed by atoms with Crippen LogP contribution in [0.2, 0.25) is 0 Å². The first kappa shape index (κ1) is 41.0. The maximum absolute atomic E-state index is 8.81. The Balaban J connectivity index is -0.000000285. The molecule has 1 aliphatic rings. The highest BCUT2D eigenvalue weighted by Crippen LogP contribution is 2.38. The van der Waals surface area contributed by atoms with E-state index >= 15 is 0 Å². The van der Waals surface area contributed by atoms with Crippen LogP contribution in [0.4, 0.5) is 0 Å². The van der Waals surface area contributed by atoms with Gasteiger partial charge in [0.15, 0.2) is 0 Å². The van der Waals surface area contributed by atoms with Crippen LogP contribution < -0.4 is 0 Å². The SMILES string of the molecule is C=C(SC1CCC1)/C(S)=C\C=C(/C)OCC(/C=C\C)=C/C.CC.CC.CC=O.CCC(C)(C)OC. The largest absolute Gasteiger partial charge is 0.494 e. The molecule has 0 amide bonds. The van der Waals surface area contributed by atoms with Crippen molar-refractivity contribution < 1.29 is 14.3 Å². The maximum atomic E-state index is 8.81. The lowest BCUT2D eigenvalue weighted by Crippen LogP contribution is -2.20. The highest BCUT2D eigenvalue weighted by molar-refractivity contribution is 8.05. The summed E-state index contributed by atoms with van der Waals surface area (Å²) in [5, 5.41) is 0.743. The zero-order valence-corrected chi connectivity index (χ0v) is 26.6. The Labute approximate surface area is 229 Å². The molecule has 1 fully saturated rings. The van der Waals surface area contributed by atoms with Crippen LogP contribution in [0, 0.1) is 0 Å². The third-order valence-corrected chi connectivity index (χ3v) is 6.62. The van der Waals surface area contributed by atoms with Crippen LogP contribution in [0.1, 0.15) is 102 Å². The van der Waals surface area contributed by atoms with E-state index < -0.39 is 0 Å². The van der Waals surface area contributed by atoms with Gasteiger partial charge in [-0.1, -0.05) is 65.8 Å². The Morgan fingerprint density at radius 1 is 1.11 bits per heavy atom. The fourth-order valence-corrected chi connectivity index (χ4v) is 3.26. The number of thioether (sulfide) groups is 1. The van der Waals surface area contributed by atoms with Crippen molar-refractivity contribution in [3.63, 3.8) is 0 Å². The van der Waals surface area contributed by atoms with Crippen molar-refractivity contribution in [1.82, 2.24) is 0 Å². The molecule has 0 unspecified atom stereocenters. The fraction of sp³-hybridized carbons (Fsp3) is 0.633. The molecule has 0 spiro atoms. The smallest absolute Gasteiger partial charge is 0.116 e. The molecule has 0 saturated heterocycles. The monoisotopic (exact) mass is 528 g/mol. The second kappa shape index (κ2) is 29.1. The highest BCUT2D eigenvalue weighted by Gasteiger charge is 2.19. The van der Waals surface area contributed by atoms with Crippen molar-refractivity contribution in [1.29, 1.82) is 0 Å². The zero-order valence-electron chi connectivity index (χ0n) is 24.9. The summed E-state index contributed by atoms with van der Waals surface area (Å²) in [6.45, 7) is 26.4. The van der Waals surface area contributed by atoms with Crippen molar-refractivity contribution in [2.75, 3.05) is 13.7 Å². The predicted octanol–water partition coefficient (Wildman–Crippen LogP) is 10.1. The van der Waals surface area contributed by atoms with Gasteiger partial charge in [-0.2, -0.15) is 0 Å². The lowest BCUT2D eigenvalue weighted by Gasteiger charge is -2.25. The van der Waals surface area contributed by atoms with E-state index in [1.165, 1.54) is 31.8 Å². The van der Waals surface area contributed by atoms with Gasteiger partial charge >= 0.3 is 0 Å². The molecule has 0 bridgehead atoms. The first-order valence-electron chi connectivity index (χ1n) is 12.9. The second-order valence-electron chi connectivity index (χ2n) is 7.63. The molecular weight excluding hydrogens is 472 g/mol. The number of carbonyl (C=O) groups excluding carboxylic acids is 1. The summed E-state index contributed by atoms with van der Waals surface area (Å²) in [5.41, 5.74) is 1.25. The highest BCUT2D eigenvalue weighted by atomic mass is 32.2. The van der Waals surface area contributed by atoms with Gasteiger partial charge in [-0.25, -0.2) is 0 Å². The van der Waals surface area contributed by atoms with E-state index in [1.54, 1.807) is 7.11 Å². The molecule has 0 N–H and O–H groups in total. The van der Waals surface area contributed by atoms with Crippen LogP contribution in [-0.2, 0) is 14.3 Å². The topological polar surface area (TPSA) is 35.5 Å². The summed E-state index contributed by atoms with van der Waals surface area (Å²) in [5.74, 6) is 0.881. The van der Waals surface area contributed by atoms with E-state index in [-0.39, 0.29) is 5.60 Å². The van der Waals surface area contributed by atoms with Gasteiger partial charge in [-0.3, -0.25) is 0 Å². The van der Waals surface area contributed by atoms with E-state index in [9.17, 15) is 0 Å². The molecule has 35 heavy (non-hydrogen) atoms. The Hall–Kier alpha value is -1.17. The van der Waals surface area contributed by atoms with Crippen LogP contribution in [0.5, 0.6) is 0 Å². The molecule has 206 valence electrons. The summed E-state index contributed by atoms with van der Waals surface area (Å²) in [7, 11) is 1.74. The fourth-order valence-electron chi connectivity index (χ4n) is 1.87. The molecule has 0 atom stereocenters. The molecule has 1 rings (SSSR count). The van der Waals surface area contributed by atoms with Gasteiger partial charge in [-0.15, -0.1) is 24.4 Å². The van der Waals surface area contributed by atoms with E-state index in [1.807, 2.05) is 78.5 Å². The maximum Gasteiger partial charge on any atom is 0.116 e. The Morgan fingerprint density at radius 3 is 1.94 bits per heavy atom. The quantitative estimate of drug-likeness (QED) is 0.132. The average molecular weight is 529 g/mol. The van der Waals surface area contributed by atoms with Crippen molar-refractivity contribution in [3.05, 3.63) is 58.1 Å². The average Bonchev–Trinajstić information content (AvgIpc) is 2.85. The number of aldehydes is 1. The molecule has 0 aromatic rings. The van der Waals surface area contributed by atoms with E-state index in [2.05, 4.69) is 52.1 Å². The zero-order chi connectivity index (χ0) is 28.3. The number of methoxy groups -OCH3 is 1. The Bertz CT molecular complexity index is 620. The molecule has 0 aliphatic heterocycles. The van der Waals surface area contributed by atoms with Gasteiger partial charge in [0.25, 0.3) is 0 Å². The lowest BCUT2D eigenvalue weighted by atomic mass is 10.0. The number of rotatable bonds is 10. The molecule has 1 saturated carbocycles. The summed E-state index contributed by atoms with van der Waals surface area (Å²) in [6.07, 6.45) is 15.8. The summed E-state index contributed by atoms with van der Waals surface area (Å²) < 4.78 is 10.8. The van der Waals surface area contributed by atoms with E-state index in [0.717, 1.165) is 33.5 Å². The first-order chi connectivity index (χ1) is 16.6. The number of carbonyl (C=O) groups is 1. The van der Waals surface area contributed by atoms with E-state index in [4.69, 9.17) is 14.3 Å². The third-order valence-electron chi connectivity index (χ3n) is 4.74. The van der Waals surface area contributed by atoms with Crippen molar-refractivity contribution >= 4 is 30.7 Å². The third kappa shape index (κ3) is 27.3. The number of hydrogen-bond acceptors (Lipinski definition) is 5. The molecule has 0 radical (unpaired) electrons. The molecule has 0 heterocycles. The van der Waals surface area contributed by atoms with Gasteiger partial charge in [-0.05, 0) is 78.5 Å². The van der Waals surface area contributed by atoms with E-state index in [0.29, 0.717) is 6.61 Å². The number of ether oxygens (including phenoxy) is 2. The van der Waals surface area contributed by atoms with Crippen LogP contribution in [0.15, 0.2) is 58.1 Å². The Morgan fingerprint density at radius 2 is 1.63 bits per heavy atom. The van der Waals surface area contributed by atoms with Crippen molar-refractivity contribution in [3.8, 4) is 0 Å². The Kier molecular flexibility index (Phi) is 34.0. The van der Waals surface area contributed by atoms with Gasteiger partial charge in [0.2, 0.25) is 0 Å². The van der Waals surface area contributed by atoms with Crippen LogP contribution in [0.25, 0.3) is 0 Å². The lowest BCUT2D eigenvalue weighted by molar-refractivity contribution is -0.106. The molecule has 1 aliphatic carbocycles. The van der Waals surface area contributed by atoms with Crippen LogP contribution in [0.3, 0.4) is 0 Å². The van der Waals surface area contributed by atoms with Gasteiger partial charge in [0.05, 0.1) is 11.4 Å². The molecule has 5 heteroatoms. The standard InChI is InChI=1S/C18H26OS2.C6H14O.C2H4O.2C2H6/c1-5-8-16(6-2)13-19-14(3)11-12-18(20)15(4)21-17-9-7-10-17;1-5-6(2,3)7-4;1-2-3;2*1-2/h5-6,8,11-12,17,20H,4,7,9-10,13H2,1-3H3;5H2,1-4H3;2H,1H3;2*1-2H3/b8-5-,14-11+,16-6+,18-12+;;;;. The molecule has 3 nitrogen and oxygen atoms in total. The van der Waals surface area contributed by atoms with Crippen molar-refractivity contribution in [2.45, 2.75) is 113 Å². The second-order valence-corrected chi connectivity index (χ2v) is 9.51. The molecule has 0 aromatic carbocycles. The van der Waals surface area contributed by atoms with Gasteiger partial charge in [0, 0.05) is 22.2 Å². The predicted molar refractivity (Wildman–Crippen MR) is 166 cm³/mol. The minimum absolute atomic E-state index is 0.0833. The normalized spacial score (nSPS) is 13.9. The number of allylic oxidation sites excluding steroid dienone is 5. The minimum atomic E-state index is 0.0833. The van der Waals surface area contributed by atoms with Crippen LogP contribution >= 0.6 is 24.4 Å².